The van der Waals surface area contributed by atoms with Crippen molar-refractivity contribution >= 4 is 11.7 Å². The van der Waals surface area contributed by atoms with Crippen molar-refractivity contribution in [3.05, 3.63) is 29.6 Å². The lowest BCUT2D eigenvalue weighted by Gasteiger charge is -2.11. The molecule has 1 aromatic carbocycles. The van der Waals surface area contributed by atoms with Gasteiger partial charge in [0.1, 0.15) is 5.82 Å². The molecule has 3 nitrogen and oxygen atoms in total. The number of nitrogens with one attached hydrogen (secondary N) is 1. The van der Waals surface area contributed by atoms with Gasteiger partial charge in [0.2, 0.25) is 0 Å². The molecule has 0 aromatic heterocycles. The van der Waals surface area contributed by atoms with Crippen LogP contribution in [0.15, 0.2) is 18.2 Å². The number of hydrogen-bond donors (Lipinski definition) is 2. The van der Waals surface area contributed by atoms with Crippen LogP contribution in [-0.4, -0.2) is 17.6 Å². The zero-order valence-corrected chi connectivity index (χ0v) is 10.8. The molecule has 0 aliphatic carbocycles. The molecule has 1 atom stereocenters. The average molecular weight is 293 g/mol. The summed E-state index contributed by atoms with van der Waals surface area (Å²) in [5.41, 5.74) is -1.07. The van der Waals surface area contributed by atoms with E-state index >= 15 is 0 Å². The number of carboxylic acids is 1. The zero-order chi connectivity index (χ0) is 15.3. The third kappa shape index (κ3) is 4.71. The van der Waals surface area contributed by atoms with Gasteiger partial charge in [-0.3, -0.25) is 4.79 Å². The molecule has 0 aliphatic heterocycles. The van der Waals surface area contributed by atoms with E-state index in [9.17, 15) is 22.4 Å². The van der Waals surface area contributed by atoms with Crippen molar-refractivity contribution in [3.8, 4) is 0 Å². The third-order valence-corrected chi connectivity index (χ3v) is 2.85. The van der Waals surface area contributed by atoms with Gasteiger partial charge in [0, 0.05) is 6.54 Å². The molecule has 7 heteroatoms. The van der Waals surface area contributed by atoms with Crippen molar-refractivity contribution in [2.24, 2.45) is 5.92 Å². The van der Waals surface area contributed by atoms with Crippen molar-refractivity contribution in [3.63, 3.8) is 0 Å². The lowest BCUT2D eigenvalue weighted by atomic mass is 10.1. The van der Waals surface area contributed by atoms with Crippen molar-refractivity contribution in [2.45, 2.75) is 25.9 Å². The van der Waals surface area contributed by atoms with Crippen LogP contribution < -0.4 is 5.32 Å². The predicted molar refractivity (Wildman–Crippen MR) is 65.9 cm³/mol. The number of carboxylic acid groups (broad SMARTS) is 1. The SMILES string of the molecule is CC(CCCNc1ccc(C(F)(F)F)cc1F)C(=O)O. The standard InChI is InChI=1S/C13H15F4NO2/c1-8(12(19)20)3-2-6-18-11-5-4-9(7-10(11)14)13(15,16)17/h4-5,7-8,18H,2-3,6H2,1H3,(H,19,20). The van der Waals surface area contributed by atoms with E-state index < -0.39 is 29.4 Å². The van der Waals surface area contributed by atoms with Crippen molar-refractivity contribution in [1.29, 1.82) is 0 Å². The molecule has 20 heavy (non-hydrogen) atoms. The summed E-state index contributed by atoms with van der Waals surface area (Å²) in [6.45, 7) is 1.85. The first-order valence-electron chi connectivity index (χ1n) is 6.05. The van der Waals surface area contributed by atoms with E-state index in [-0.39, 0.29) is 5.69 Å². The number of rotatable bonds is 6. The van der Waals surface area contributed by atoms with Crippen LogP contribution in [0.25, 0.3) is 0 Å². The largest absolute Gasteiger partial charge is 0.481 e. The quantitative estimate of drug-likeness (QED) is 0.620. The van der Waals surface area contributed by atoms with Gasteiger partial charge in [0.15, 0.2) is 0 Å². The molecule has 0 amide bonds. The fourth-order valence-corrected chi connectivity index (χ4v) is 1.59. The van der Waals surface area contributed by atoms with Crippen LogP contribution >= 0.6 is 0 Å². The molecule has 112 valence electrons. The van der Waals surface area contributed by atoms with E-state index in [1.807, 2.05) is 0 Å². The second-order valence-corrected chi connectivity index (χ2v) is 4.50. The van der Waals surface area contributed by atoms with Gasteiger partial charge in [-0.05, 0) is 31.0 Å². The van der Waals surface area contributed by atoms with Gasteiger partial charge in [-0.2, -0.15) is 13.2 Å². The van der Waals surface area contributed by atoms with E-state index in [0.29, 0.717) is 25.5 Å². The summed E-state index contributed by atoms with van der Waals surface area (Å²) in [4.78, 5) is 10.6. The number of anilines is 1. The van der Waals surface area contributed by atoms with Gasteiger partial charge < -0.3 is 10.4 Å². The monoisotopic (exact) mass is 293 g/mol. The third-order valence-electron chi connectivity index (χ3n) is 2.85. The summed E-state index contributed by atoms with van der Waals surface area (Å²) >= 11 is 0. The fourth-order valence-electron chi connectivity index (χ4n) is 1.59. The van der Waals surface area contributed by atoms with Crippen molar-refractivity contribution < 1.29 is 27.5 Å². The maximum absolute atomic E-state index is 13.4. The summed E-state index contributed by atoms with van der Waals surface area (Å²) in [6, 6.07) is 2.26. The number of aliphatic carboxylic acids is 1. The summed E-state index contributed by atoms with van der Waals surface area (Å²) in [6.07, 6.45) is -3.69. The first-order valence-corrected chi connectivity index (χ1v) is 6.05. The average Bonchev–Trinajstić information content (AvgIpc) is 2.34. The summed E-state index contributed by atoms with van der Waals surface area (Å²) in [7, 11) is 0. The molecule has 0 heterocycles. The Balaban J connectivity index is 2.51. The Morgan fingerprint density at radius 2 is 2.05 bits per heavy atom. The van der Waals surface area contributed by atoms with E-state index in [2.05, 4.69) is 5.32 Å². The Hall–Kier alpha value is -1.79. The minimum absolute atomic E-state index is 0.0269. The molecule has 1 unspecified atom stereocenters. The minimum Gasteiger partial charge on any atom is -0.481 e. The molecule has 0 radical (unpaired) electrons. The van der Waals surface area contributed by atoms with Crippen molar-refractivity contribution in [1.82, 2.24) is 0 Å². The maximum Gasteiger partial charge on any atom is 0.416 e. The van der Waals surface area contributed by atoms with Gasteiger partial charge in [-0.1, -0.05) is 6.92 Å². The summed E-state index contributed by atoms with van der Waals surface area (Å²) in [5.74, 6) is -2.40. The smallest absolute Gasteiger partial charge is 0.416 e. The normalized spacial score (nSPS) is 13.1. The molecular weight excluding hydrogens is 278 g/mol. The Morgan fingerprint density at radius 1 is 1.40 bits per heavy atom. The number of hydrogen-bond acceptors (Lipinski definition) is 2. The lowest BCUT2D eigenvalue weighted by molar-refractivity contribution is -0.141. The summed E-state index contributed by atoms with van der Waals surface area (Å²) in [5, 5.41) is 11.3. The van der Waals surface area contributed by atoms with Crippen LogP contribution in [0.5, 0.6) is 0 Å². The highest BCUT2D eigenvalue weighted by atomic mass is 19.4. The van der Waals surface area contributed by atoms with Gasteiger partial charge in [-0.15, -0.1) is 0 Å². The second kappa shape index (κ2) is 6.58. The van der Waals surface area contributed by atoms with E-state index in [1.54, 1.807) is 6.92 Å². The molecule has 0 saturated carbocycles. The zero-order valence-electron chi connectivity index (χ0n) is 10.8. The number of alkyl halides is 3. The van der Waals surface area contributed by atoms with E-state index in [0.717, 1.165) is 12.1 Å². The molecule has 0 aliphatic rings. The molecule has 1 aromatic rings. The molecular formula is C13H15F4NO2. The van der Waals surface area contributed by atoms with E-state index in [1.165, 1.54) is 0 Å². The topological polar surface area (TPSA) is 49.3 Å². The number of carbonyl (C=O) groups is 1. The fraction of sp³-hybridized carbons (Fsp3) is 0.462. The number of benzene rings is 1. The first kappa shape index (κ1) is 16.3. The highest BCUT2D eigenvalue weighted by Crippen LogP contribution is 2.31. The highest BCUT2D eigenvalue weighted by Gasteiger charge is 2.31. The molecule has 0 bridgehead atoms. The predicted octanol–water partition coefficient (Wildman–Crippen LogP) is 3.76. The van der Waals surface area contributed by atoms with Gasteiger partial charge in [0.05, 0.1) is 17.2 Å². The molecule has 1 rings (SSSR count). The Labute approximate surface area is 113 Å². The Morgan fingerprint density at radius 3 is 2.55 bits per heavy atom. The van der Waals surface area contributed by atoms with E-state index in [4.69, 9.17) is 5.11 Å². The maximum atomic E-state index is 13.4. The Kier molecular flexibility index (Phi) is 5.35. The second-order valence-electron chi connectivity index (χ2n) is 4.50. The van der Waals surface area contributed by atoms with Crippen LogP contribution in [0.2, 0.25) is 0 Å². The molecule has 2 N–H and O–H groups in total. The van der Waals surface area contributed by atoms with Crippen molar-refractivity contribution in [2.75, 3.05) is 11.9 Å². The molecule has 0 spiro atoms. The lowest BCUT2D eigenvalue weighted by Crippen LogP contribution is -2.12. The highest BCUT2D eigenvalue weighted by molar-refractivity contribution is 5.69. The molecule has 0 saturated heterocycles. The summed E-state index contributed by atoms with van der Waals surface area (Å²) < 4.78 is 50.4. The van der Waals surface area contributed by atoms with Gasteiger partial charge in [0.25, 0.3) is 0 Å². The minimum atomic E-state index is -4.57. The first-order chi connectivity index (χ1) is 9.21. The van der Waals surface area contributed by atoms with Gasteiger partial charge in [-0.25, -0.2) is 4.39 Å². The van der Waals surface area contributed by atoms with Gasteiger partial charge >= 0.3 is 12.1 Å². The Bertz CT molecular complexity index is 474. The van der Waals surface area contributed by atoms with Crippen LogP contribution in [0.4, 0.5) is 23.2 Å². The van der Waals surface area contributed by atoms with Crippen LogP contribution in [0.3, 0.4) is 0 Å². The van der Waals surface area contributed by atoms with Crippen LogP contribution in [0, 0.1) is 11.7 Å². The van der Waals surface area contributed by atoms with Crippen LogP contribution in [0.1, 0.15) is 25.3 Å². The van der Waals surface area contributed by atoms with Crippen LogP contribution in [-0.2, 0) is 11.0 Å². The number of halogens is 4. The molecule has 0 fully saturated rings.